The van der Waals surface area contributed by atoms with Crippen molar-refractivity contribution in [2.75, 3.05) is 25.6 Å². The lowest BCUT2D eigenvalue weighted by molar-refractivity contribution is -0.136. The zero-order valence-electron chi connectivity index (χ0n) is 11.6. The summed E-state index contributed by atoms with van der Waals surface area (Å²) in [6.07, 6.45) is 0.680. The fourth-order valence-corrected chi connectivity index (χ4v) is 1.63. The van der Waals surface area contributed by atoms with Gasteiger partial charge in [0.2, 0.25) is 0 Å². The van der Waals surface area contributed by atoms with Crippen molar-refractivity contribution in [1.29, 1.82) is 0 Å². The number of carbonyl (C=O) groups is 2. The van der Waals surface area contributed by atoms with Gasteiger partial charge in [-0.3, -0.25) is 9.59 Å². The number of carbonyl (C=O) groups excluding carboxylic acids is 2. The van der Waals surface area contributed by atoms with E-state index in [4.69, 9.17) is 4.74 Å². The van der Waals surface area contributed by atoms with Crippen molar-refractivity contribution in [3.8, 4) is 0 Å². The lowest BCUT2D eigenvalue weighted by Crippen LogP contribution is -2.36. The summed E-state index contributed by atoms with van der Waals surface area (Å²) in [5, 5.41) is 5.13. The molecule has 0 aliphatic heterocycles. The second-order valence-electron chi connectivity index (χ2n) is 4.37. The number of rotatable bonds is 5. The van der Waals surface area contributed by atoms with Gasteiger partial charge < -0.3 is 15.4 Å². The van der Waals surface area contributed by atoms with Gasteiger partial charge >= 0.3 is 11.8 Å². The maximum atomic E-state index is 11.7. The van der Waals surface area contributed by atoms with Crippen LogP contribution in [0.1, 0.15) is 17.5 Å². The molecule has 0 aromatic heterocycles. The number of amides is 2. The summed E-state index contributed by atoms with van der Waals surface area (Å²) in [4.78, 5) is 23.2. The van der Waals surface area contributed by atoms with Crippen LogP contribution >= 0.6 is 0 Å². The van der Waals surface area contributed by atoms with Crippen LogP contribution in [0.5, 0.6) is 0 Å². The summed E-state index contributed by atoms with van der Waals surface area (Å²) in [6.45, 7) is 4.84. The summed E-state index contributed by atoms with van der Waals surface area (Å²) in [5.41, 5.74) is 2.70. The van der Waals surface area contributed by atoms with E-state index in [1.165, 1.54) is 0 Å². The van der Waals surface area contributed by atoms with Crippen molar-refractivity contribution >= 4 is 17.5 Å². The standard InChI is InChI=1S/C14H20N2O3/c1-10-5-6-12(11(2)9-10)16-14(18)13(17)15-7-4-8-19-3/h5-6,9H,4,7-8H2,1-3H3,(H,15,17)(H,16,18). The molecule has 2 N–H and O–H groups in total. The Morgan fingerprint density at radius 3 is 2.58 bits per heavy atom. The molecule has 19 heavy (non-hydrogen) atoms. The monoisotopic (exact) mass is 264 g/mol. The van der Waals surface area contributed by atoms with Crippen LogP contribution in [0.15, 0.2) is 18.2 Å². The molecule has 0 aliphatic rings. The molecule has 0 saturated carbocycles. The van der Waals surface area contributed by atoms with Gasteiger partial charge in [0.15, 0.2) is 0 Å². The smallest absolute Gasteiger partial charge is 0.313 e. The number of benzene rings is 1. The Morgan fingerprint density at radius 1 is 1.21 bits per heavy atom. The topological polar surface area (TPSA) is 67.4 Å². The summed E-state index contributed by atoms with van der Waals surface area (Å²) in [7, 11) is 1.59. The van der Waals surface area contributed by atoms with Gasteiger partial charge in [0.05, 0.1) is 0 Å². The minimum atomic E-state index is -0.649. The summed E-state index contributed by atoms with van der Waals surface area (Å²) in [5.74, 6) is -1.28. The molecule has 1 rings (SSSR count). The van der Waals surface area contributed by atoms with Crippen molar-refractivity contribution in [2.45, 2.75) is 20.3 Å². The molecular weight excluding hydrogens is 244 g/mol. The average molecular weight is 264 g/mol. The highest BCUT2D eigenvalue weighted by molar-refractivity contribution is 6.39. The minimum absolute atomic E-state index is 0.424. The number of methoxy groups -OCH3 is 1. The lowest BCUT2D eigenvalue weighted by Gasteiger charge is -2.09. The van der Waals surface area contributed by atoms with Crippen LogP contribution in [0, 0.1) is 13.8 Å². The second kappa shape index (κ2) is 7.53. The molecule has 0 unspecified atom stereocenters. The molecule has 5 heteroatoms. The van der Waals surface area contributed by atoms with Crippen LogP contribution in [0.3, 0.4) is 0 Å². The average Bonchev–Trinajstić information content (AvgIpc) is 2.37. The van der Waals surface area contributed by atoms with Crippen LogP contribution in [0.2, 0.25) is 0 Å². The number of aryl methyl sites for hydroxylation is 2. The predicted octanol–water partition coefficient (Wildman–Crippen LogP) is 1.39. The summed E-state index contributed by atoms with van der Waals surface area (Å²) < 4.78 is 4.85. The van der Waals surface area contributed by atoms with Crippen LogP contribution in [-0.2, 0) is 14.3 Å². The number of nitrogens with one attached hydrogen (secondary N) is 2. The Hall–Kier alpha value is -1.88. The molecule has 1 aromatic carbocycles. The van der Waals surface area contributed by atoms with E-state index < -0.39 is 11.8 Å². The number of anilines is 1. The van der Waals surface area contributed by atoms with E-state index >= 15 is 0 Å². The number of ether oxygens (including phenoxy) is 1. The molecule has 0 bridgehead atoms. The van der Waals surface area contributed by atoms with Gasteiger partial charge in [-0.15, -0.1) is 0 Å². The molecule has 2 amide bonds. The zero-order valence-corrected chi connectivity index (χ0v) is 11.6. The first kappa shape index (κ1) is 15.2. The first-order valence-electron chi connectivity index (χ1n) is 6.20. The summed E-state index contributed by atoms with van der Waals surface area (Å²) >= 11 is 0. The molecule has 1 aromatic rings. The van der Waals surface area contributed by atoms with Gasteiger partial charge in [-0.05, 0) is 31.9 Å². The first-order valence-corrected chi connectivity index (χ1v) is 6.20. The van der Waals surface area contributed by atoms with Gasteiger partial charge in [-0.1, -0.05) is 17.7 Å². The van der Waals surface area contributed by atoms with E-state index in [9.17, 15) is 9.59 Å². The fraction of sp³-hybridized carbons (Fsp3) is 0.429. The van der Waals surface area contributed by atoms with Gasteiger partial charge in [-0.25, -0.2) is 0 Å². The summed E-state index contributed by atoms with van der Waals surface area (Å²) in [6, 6.07) is 5.63. The predicted molar refractivity (Wildman–Crippen MR) is 74.0 cm³/mol. The molecule has 0 spiro atoms. The van der Waals surface area contributed by atoms with E-state index in [0.29, 0.717) is 25.3 Å². The maximum absolute atomic E-state index is 11.7. The van der Waals surface area contributed by atoms with Crippen LogP contribution in [0.25, 0.3) is 0 Å². The van der Waals surface area contributed by atoms with Crippen LogP contribution in [-0.4, -0.2) is 32.1 Å². The van der Waals surface area contributed by atoms with E-state index in [2.05, 4.69) is 10.6 Å². The van der Waals surface area contributed by atoms with Crippen molar-refractivity contribution in [1.82, 2.24) is 5.32 Å². The molecule has 5 nitrogen and oxygen atoms in total. The molecule has 0 saturated heterocycles. The molecule has 104 valence electrons. The highest BCUT2D eigenvalue weighted by Crippen LogP contribution is 2.15. The van der Waals surface area contributed by atoms with Crippen molar-refractivity contribution in [2.24, 2.45) is 0 Å². The largest absolute Gasteiger partial charge is 0.385 e. The Balaban J connectivity index is 2.47. The van der Waals surface area contributed by atoms with E-state index in [0.717, 1.165) is 11.1 Å². The quantitative estimate of drug-likeness (QED) is 0.624. The van der Waals surface area contributed by atoms with Crippen molar-refractivity contribution in [3.05, 3.63) is 29.3 Å². The second-order valence-corrected chi connectivity index (χ2v) is 4.37. The van der Waals surface area contributed by atoms with Crippen LogP contribution < -0.4 is 10.6 Å². The molecular formula is C14H20N2O3. The maximum Gasteiger partial charge on any atom is 0.313 e. The fourth-order valence-electron chi connectivity index (χ4n) is 1.63. The van der Waals surface area contributed by atoms with E-state index in [1.807, 2.05) is 26.0 Å². The Labute approximate surface area is 113 Å². The zero-order chi connectivity index (χ0) is 14.3. The van der Waals surface area contributed by atoms with Crippen molar-refractivity contribution in [3.63, 3.8) is 0 Å². The highest BCUT2D eigenvalue weighted by Gasteiger charge is 2.13. The molecule has 0 heterocycles. The lowest BCUT2D eigenvalue weighted by atomic mass is 10.1. The van der Waals surface area contributed by atoms with Crippen LogP contribution in [0.4, 0.5) is 5.69 Å². The highest BCUT2D eigenvalue weighted by atomic mass is 16.5. The first-order chi connectivity index (χ1) is 9.04. The molecule has 0 atom stereocenters. The van der Waals surface area contributed by atoms with Crippen molar-refractivity contribution < 1.29 is 14.3 Å². The Morgan fingerprint density at radius 2 is 1.95 bits per heavy atom. The number of hydrogen-bond donors (Lipinski definition) is 2. The Kier molecular flexibility index (Phi) is 6.02. The van der Waals surface area contributed by atoms with Gasteiger partial charge in [0.25, 0.3) is 0 Å². The van der Waals surface area contributed by atoms with Gasteiger partial charge in [-0.2, -0.15) is 0 Å². The van der Waals surface area contributed by atoms with Gasteiger partial charge in [0.1, 0.15) is 0 Å². The molecule has 0 aliphatic carbocycles. The van der Waals surface area contributed by atoms with E-state index in [-0.39, 0.29) is 0 Å². The Bertz CT molecular complexity index is 458. The third kappa shape index (κ3) is 5.09. The number of hydrogen-bond acceptors (Lipinski definition) is 3. The van der Waals surface area contributed by atoms with Gasteiger partial charge in [0, 0.05) is 25.9 Å². The molecule has 0 fully saturated rings. The van der Waals surface area contributed by atoms with E-state index in [1.54, 1.807) is 13.2 Å². The SMILES string of the molecule is COCCCNC(=O)C(=O)Nc1ccc(C)cc1C. The third-order valence-electron chi connectivity index (χ3n) is 2.65. The third-order valence-corrected chi connectivity index (χ3v) is 2.65. The molecule has 0 radical (unpaired) electrons. The normalized spacial score (nSPS) is 10.1. The minimum Gasteiger partial charge on any atom is -0.385 e.